The normalized spacial score (nSPS) is 25.9. The molecular weight excluding hydrogens is 322 g/mol. The molecule has 0 aliphatic carbocycles. The number of rotatable bonds is 2. The van der Waals surface area contributed by atoms with Gasteiger partial charge in [-0.15, -0.1) is 5.10 Å². The number of carbonyl (C=O) groups excluding carboxylic acids is 2. The Kier molecular flexibility index (Phi) is 4.04. The number of hydrazone groups is 1. The third-order valence-electron chi connectivity index (χ3n) is 5.00. The molecule has 3 heterocycles. The molecule has 1 aromatic carbocycles. The van der Waals surface area contributed by atoms with E-state index in [1.807, 2.05) is 29.2 Å². The van der Waals surface area contributed by atoms with Gasteiger partial charge in [0.2, 0.25) is 5.90 Å². The number of hydrogen-bond acceptors (Lipinski definition) is 5. The molecule has 3 aliphatic heterocycles. The lowest BCUT2D eigenvalue weighted by atomic mass is 10.1. The van der Waals surface area contributed by atoms with E-state index < -0.39 is 0 Å². The average Bonchev–Trinajstić information content (AvgIpc) is 3.15. The number of ether oxygens (including phenoxy) is 1. The molecule has 8 nitrogen and oxygen atoms in total. The van der Waals surface area contributed by atoms with Crippen molar-refractivity contribution in [3.8, 4) is 0 Å². The molecule has 0 aromatic heterocycles. The Labute approximate surface area is 145 Å². The highest BCUT2D eigenvalue weighted by molar-refractivity contribution is 5.98. The topological polar surface area (TPSA) is 86.3 Å². The van der Waals surface area contributed by atoms with E-state index in [0.29, 0.717) is 17.9 Å². The quantitative estimate of drug-likeness (QED) is 0.826. The van der Waals surface area contributed by atoms with Crippen molar-refractivity contribution in [1.82, 2.24) is 15.2 Å². The van der Waals surface area contributed by atoms with Crippen molar-refractivity contribution in [1.29, 1.82) is 0 Å². The molecule has 0 spiro atoms. The summed E-state index contributed by atoms with van der Waals surface area (Å²) in [5.41, 5.74) is 3.86. The number of nitrogens with zero attached hydrogens (tertiary/aromatic N) is 3. The fourth-order valence-corrected chi connectivity index (χ4v) is 3.78. The molecule has 0 unspecified atom stereocenters. The van der Waals surface area contributed by atoms with E-state index in [1.165, 1.54) is 0 Å². The predicted molar refractivity (Wildman–Crippen MR) is 92.2 cm³/mol. The van der Waals surface area contributed by atoms with E-state index in [4.69, 9.17) is 4.74 Å². The number of nitrogens with one attached hydrogen (secondary N) is 2. The Morgan fingerprint density at radius 2 is 2.12 bits per heavy atom. The van der Waals surface area contributed by atoms with Crippen LogP contribution in [0.4, 0.5) is 10.5 Å². The van der Waals surface area contributed by atoms with Gasteiger partial charge in [0.15, 0.2) is 6.61 Å². The minimum absolute atomic E-state index is 0.0384. The molecule has 2 saturated heterocycles. The first-order chi connectivity index (χ1) is 12.1. The van der Waals surface area contributed by atoms with E-state index in [9.17, 15) is 9.59 Å². The SMILES string of the molecule is CN1C[C@@H]2CCN(C(=O)Nc3ccc(C4=NNC(=O)CO4)cc3)[C@@H]2C1. The van der Waals surface area contributed by atoms with Crippen LogP contribution in [0.5, 0.6) is 0 Å². The smallest absolute Gasteiger partial charge is 0.322 e. The monoisotopic (exact) mass is 343 g/mol. The molecule has 8 heteroatoms. The van der Waals surface area contributed by atoms with Crippen LogP contribution in [0.2, 0.25) is 0 Å². The largest absolute Gasteiger partial charge is 0.466 e. The zero-order valence-electron chi connectivity index (χ0n) is 14.1. The molecule has 2 fully saturated rings. The van der Waals surface area contributed by atoms with Crippen LogP contribution >= 0.6 is 0 Å². The summed E-state index contributed by atoms with van der Waals surface area (Å²) < 4.78 is 5.27. The maximum Gasteiger partial charge on any atom is 0.322 e. The Bertz CT molecular complexity index is 717. The van der Waals surface area contributed by atoms with Gasteiger partial charge in [0.05, 0.1) is 6.04 Å². The summed E-state index contributed by atoms with van der Waals surface area (Å²) in [6.45, 7) is 2.79. The van der Waals surface area contributed by atoms with Crippen molar-refractivity contribution >= 4 is 23.5 Å². The number of anilines is 1. The average molecular weight is 343 g/mol. The first-order valence-corrected chi connectivity index (χ1v) is 8.46. The Balaban J connectivity index is 1.40. The van der Waals surface area contributed by atoms with Gasteiger partial charge in [0.25, 0.3) is 5.91 Å². The summed E-state index contributed by atoms with van der Waals surface area (Å²) in [5.74, 6) is 0.692. The molecule has 25 heavy (non-hydrogen) atoms. The molecular formula is C17H21N5O3. The highest BCUT2D eigenvalue weighted by atomic mass is 16.5. The first kappa shape index (κ1) is 15.9. The van der Waals surface area contributed by atoms with Gasteiger partial charge in [-0.25, -0.2) is 10.2 Å². The number of benzene rings is 1. The van der Waals surface area contributed by atoms with Crippen LogP contribution in [0.3, 0.4) is 0 Å². The zero-order chi connectivity index (χ0) is 17.4. The number of urea groups is 1. The number of amides is 3. The van der Waals surface area contributed by atoms with E-state index in [1.54, 1.807) is 0 Å². The van der Waals surface area contributed by atoms with Crippen LogP contribution in [-0.2, 0) is 9.53 Å². The summed E-state index contributed by atoms with van der Waals surface area (Å²) in [6, 6.07) is 7.50. The lowest BCUT2D eigenvalue weighted by molar-refractivity contribution is -0.124. The molecule has 132 valence electrons. The van der Waals surface area contributed by atoms with Crippen molar-refractivity contribution in [2.45, 2.75) is 12.5 Å². The standard InChI is InChI=1S/C17H21N5O3/c1-21-8-12-6-7-22(14(12)9-21)17(24)18-13-4-2-11(3-5-13)16-20-19-15(23)10-25-16/h2-5,12,14H,6-10H2,1H3,(H,18,24)(H,19,23)/t12-,14+/m0/s1. The predicted octanol–water partition coefficient (Wildman–Crippen LogP) is 0.662. The van der Waals surface area contributed by atoms with E-state index in [0.717, 1.165) is 37.3 Å². The van der Waals surface area contributed by atoms with E-state index in [-0.39, 0.29) is 18.5 Å². The van der Waals surface area contributed by atoms with Gasteiger partial charge < -0.3 is 19.9 Å². The van der Waals surface area contributed by atoms with E-state index >= 15 is 0 Å². The summed E-state index contributed by atoms with van der Waals surface area (Å²) >= 11 is 0. The third kappa shape index (κ3) is 3.17. The van der Waals surface area contributed by atoms with Crippen LogP contribution in [0.1, 0.15) is 12.0 Å². The molecule has 1 aromatic rings. The van der Waals surface area contributed by atoms with Gasteiger partial charge in [-0.3, -0.25) is 4.79 Å². The van der Waals surface area contributed by atoms with E-state index in [2.05, 4.69) is 27.8 Å². The Hall–Kier alpha value is -2.61. The molecule has 4 rings (SSSR count). The highest BCUT2D eigenvalue weighted by Crippen LogP contribution is 2.31. The van der Waals surface area contributed by atoms with Crippen molar-refractivity contribution in [2.75, 3.05) is 38.6 Å². The van der Waals surface area contributed by atoms with Gasteiger partial charge in [0.1, 0.15) is 0 Å². The maximum atomic E-state index is 12.6. The van der Waals surface area contributed by atoms with Crippen molar-refractivity contribution in [3.63, 3.8) is 0 Å². The van der Waals surface area contributed by atoms with Crippen molar-refractivity contribution in [3.05, 3.63) is 29.8 Å². The molecule has 2 N–H and O–H groups in total. The van der Waals surface area contributed by atoms with Crippen molar-refractivity contribution < 1.29 is 14.3 Å². The molecule has 2 atom stereocenters. The van der Waals surface area contributed by atoms with Gasteiger partial charge in [0, 0.05) is 30.9 Å². The fraction of sp³-hybridized carbons (Fsp3) is 0.471. The maximum absolute atomic E-state index is 12.6. The van der Waals surface area contributed by atoms with Crippen LogP contribution in [0, 0.1) is 5.92 Å². The lowest BCUT2D eigenvalue weighted by Crippen LogP contribution is -2.41. The van der Waals surface area contributed by atoms with Gasteiger partial charge in [-0.2, -0.15) is 0 Å². The van der Waals surface area contributed by atoms with Gasteiger partial charge in [-0.05, 0) is 43.7 Å². The molecule has 0 saturated carbocycles. The number of carbonyl (C=O) groups is 2. The molecule has 3 aliphatic rings. The second-order valence-electron chi connectivity index (χ2n) is 6.78. The number of likely N-dealkylation sites (N-methyl/N-ethyl adjacent to an activating group) is 1. The Morgan fingerprint density at radius 1 is 1.32 bits per heavy atom. The lowest BCUT2D eigenvalue weighted by Gasteiger charge is -2.24. The minimum atomic E-state index is -0.269. The van der Waals surface area contributed by atoms with Gasteiger partial charge in [-0.1, -0.05) is 0 Å². The summed E-state index contributed by atoms with van der Waals surface area (Å²) in [4.78, 5) is 27.9. The molecule has 3 amide bonds. The van der Waals surface area contributed by atoms with Crippen LogP contribution in [-0.4, -0.2) is 67.0 Å². The summed E-state index contributed by atoms with van der Waals surface area (Å²) in [6.07, 6.45) is 1.07. The third-order valence-corrected chi connectivity index (χ3v) is 5.00. The molecule has 0 radical (unpaired) electrons. The minimum Gasteiger partial charge on any atom is -0.466 e. The van der Waals surface area contributed by atoms with Gasteiger partial charge >= 0.3 is 6.03 Å². The fourth-order valence-electron chi connectivity index (χ4n) is 3.78. The first-order valence-electron chi connectivity index (χ1n) is 8.46. The zero-order valence-corrected chi connectivity index (χ0v) is 14.1. The summed E-state index contributed by atoms with van der Waals surface area (Å²) in [7, 11) is 2.10. The van der Waals surface area contributed by atoms with Crippen LogP contribution in [0.15, 0.2) is 29.4 Å². The highest BCUT2D eigenvalue weighted by Gasteiger charge is 2.42. The second-order valence-corrected chi connectivity index (χ2v) is 6.78. The number of hydrogen-bond donors (Lipinski definition) is 2. The van der Waals surface area contributed by atoms with Crippen LogP contribution < -0.4 is 10.7 Å². The van der Waals surface area contributed by atoms with Crippen LogP contribution in [0.25, 0.3) is 0 Å². The number of fused-ring (bicyclic) bond motifs is 1. The Morgan fingerprint density at radius 3 is 2.84 bits per heavy atom. The molecule has 0 bridgehead atoms. The second kappa shape index (κ2) is 6.36. The summed E-state index contributed by atoms with van der Waals surface area (Å²) in [5, 5.41) is 6.84. The van der Waals surface area contributed by atoms with Crippen molar-refractivity contribution in [2.24, 2.45) is 11.0 Å². The number of likely N-dealkylation sites (tertiary alicyclic amines) is 2.